The first-order chi connectivity index (χ1) is 9.67. The Morgan fingerprint density at radius 3 is 3.05 bits per heavy atom. The van der Waals surface area contributed by atoms with Crippen molar-refractivity contribution in [2.75, 3.05) is 17.7 Å². The number of nitrogens with one attached hydrogen (secondary N) is 2. The molecule has 2 N–H and O–H groups in total. The second-order valence-corrected chi connectivity index (χ2v) is 5.83. The van der Waals surface area contributed by atoms with Crippen molar-refractivity contribution in [3.05, 3.63) is 41.1 Å². The van der Waals surface area contributed by atoms with Gasteiger partial charge in [-0.3, -0.25) is 4.79 Å². The van der Waals surface area contributed by atoms with Crippen LogP contribution in [0.15, 0.2) is 35.4 Å². The Morgan fingerprint density at radius 1 is 1.45 bits per heavy atom. The summed E-state index contributed by atoms with van der Waals surface area (Å²) in [5.41, 5.74) is 3.27. The maximum Gasteiger partial charge on any atom is 0.262 e. The van der Waals surface area contributed by atoms with Crippen LogP contribution >= 0.6 is 11.8 Å². The maximum absolute atomic E-state index is 12.0. The Labute approximate surface area is 122 Å². The number of nitrogens with zero attached hydrogens (tertiary/aromatic N) is 1. The van der Waals surface area contributed by atoms with Gasteiger partial charge in [-0.2, -0.15) is 0 Å². The highest BCUT2D eigenvalue weighted by atomic mass is 32.2. The van der Waals surface area contributed by atoms with Crippen LogP contribution in [0.4, 0.5) is 5.69 Å². The van der Waals surface area contributed by atoms with Crippen LogP contribution < -0.4 is 5.32 Å². The first-order valence-corrected chi connectivity index (χ1v) is 7.64. The number of H-pyrrole nitrogens is 1. The first-order valence-electron chi connectivity index (χ1n) is 6.65. The van der Waals surface area contributed by atoms with Crippen LogP contribution in [0, 0.1) is 6.92 Å². The molecule has 5 heteroatoms. The number of aromatic amines is 1. The molecule has 1 fully saturated rings. The quantitative estimate of drug-likeness (QED) is 0.852. The van der Waals surface area contributed by atoms with Gasteiger partial charge in [-0.1, -0.05) is 11.8 Å². The Balaban J connectivity index is 1.78. The van der Waals surface area contributed by atoms with E-state index in [0.29, 0.717) is 0 Å². The Kier molecular flexibility index (Phi) is 3.44. The first kappa shape index (κ1) is 13.1. The molecule has 1 aromatic carbocycles. The van der Waals surface area contributed by atoms with Crippen molar-refractivity contribution in [1.29, 1.82) is 0 Å². The zero-order valence-electron chi connectivity index (χ0n) is 11.6. The van der Waals surface area contributed by atoms with Gasteiger partial charge >= 0.3 is 0 Å². The molecule has 0 aliphatic carbocycles. The topological polar surface area (TPSA) is 48.1 Å². The van der Waals surface area contributed by atoms with E-state index in [0.717, 1.165) is 34.2 Å². The van der Waals surface area contributed by atoms with Crippen molar-refractivity contribution >= 4 is 34.3 Å². The molecule has 1 aliphatic rings. The van der Waals surface area contributed by atoms with E-state index in [-0.39, 0.29) is 5.91 Å². The molecule has 20 heavy (non-hydrogen) atoms. The molecule has 0 radical (unpaired) electrons. The average Bonchev–Trinajstić information content (AvgIpc) is 2.97. The van der Waals surface area contributed by atoms with E-state index in [9.17, 15) is 4.79 Å². The molecule has 4 nitrogen and oxygen atoms in total. The third kappa shape index (κ3) is 2.41. The van der Waals surface area contributed by atoms with E-state index in [1.807, 2.05) is 37.1 Å². The summed E-state index contributed by atoms with van der Waals surface area (Å²) in [5, 5.41) is 4.39. The lowest BCUT2D eigenvalue weighted by Gasteiger charge is -2.09. The van der Waals surface area contributed by atoms with E-state index < -0.39 is 0 Å². The van der Waals surface area contributed by atoms with Crippen molar-refractivity contribution in [1.82, 2.24) is 9.88 Å². The van der Waals surface area contributed by atoms with Crippen LogP contribution in [-0.4, -0.2) is 28.2 Å². The predicted octanol–water partition coefficient (Wildman–Crippen LogP) is 3.28. The predicted molar refractivity (Wildman–Crippen MR) is 84.6 cm³/mol. The second-order valence-electron chi connectivity index (χ2n) is 4.84. The zero-order valence-corrected chi connectivity index (χ0v) is 12.4. The molecule has 1 aliphatic heterocycles. The number of rotatable bonds is 3. The number of hydrogen-bond donors (Lipinski definition) is 2. The fourth-order valence-electron chi connectivity index (χ4n) is 2.28. The number of amides is 1. The molecule has 0 saturated carbocycles. The smallest absolute Gasteiger partial charge is 0.262 e. The standard InChI is InChI=1S/C15H17N3OS/c1-3-18-9-20-14(15(18)19)8-16-12-4-5-13-11(7-12)6-10(2)17-13/h4-8,16-17H,3,9H2,1-2H3. The molecule has 3 rings (SSSR count). The number of benzene rings is 1. The Hall–Kier alpha value is -1.88. The number of likely N-dealkylation sites (N-methyl/N-ethyl adjacent to an activating group) is 1. The summed E-state index contributed by atoms with van der Waals surface area (Å²) in [6.07, 6.45) is 1.81. The molecule has 0 bridgehead atoms. The minimum Gasteiger partial charge on any atom is -0.360 e. The van der Waals surface area contributed by atoms with Gasteiger partial charge < -0.3 is 15.2 Å². The van der Waals surface area contributed by atoms with Gasteiger partial charge in [-0.15, -0.1) is 0 Å². The Bertz CT molecular complexity index is 689. The normalized spacial score (nSPS) is 17.4. The molecule has 0 atom stereocenters. The van der Waals surface area contributed by atoms with Crippen LogP contribution in [0.25, 0.3) is 10.9 Å². The fraction of sp³-hybridized carbons (Fsp3) is 0.267. The molecule has 1 aromatic heterocycles. The fourth-order valence-corrected chi connectivity index (χ4v) is 3.27. The number of carbonyl (C=O) groups excluding carboxylic acids is 1. The highest BCUT2D eigenvalue weighted by Gasteiger charge is 2.24. The van der Waals surface area contributed by atoms with Gasteiger partial charge in [0, 0.05) is 35.0 Å². The van der Waals surface area contributed by atoms with E-state index in [1.165, 1.54) is 5.39 Å². The zero-order chi connectivity index (χ0) is 14.1. The average molecular weight is 287 g/mol. The van der Waals surface area contributed by atoms with Gasteiger partial charge in [-0.25, -0.2) is 0 Å². The molecule has 2 aromatic rings. The summed E-state index contributed by atoms with van der Waals surface area (Å²) in [6.45, 7) is 4.80. The largest absolute Gasteiger partial charge is 0.360 e. The van der Waals surface area contributed by atoms with E-state index in [1.54, 1.807) is 11.8 Å². The number of carbonyl (C=O) groups is 1. The summed E-state index contributed by atoms with van der Waals surface area (Å²) in [6, 6.07) is 8.25. The van der Waals surface area contributed by atoms with Gasteiger partial charge in [0.25, 0.3) is 5.91 Å². The van der Waals surface area contributed by atoms with E-state index in [4.69, 9.17) is 0 Å². The van der Waals surface area contributed by atoms with Crippen LogP contribution in [0.2, 0.25) is 0 Å². The van der Waals surface area contributed by atoms with Crippen molar-refractivity contribution in [2.45, 2.75) is 13.8 Å². The number of hydrogen-bond acceptors (Lipinski definition) is 3. The summed E-state index contributed by atoms with van der Waals surface area (Å²) < 4.78 is 0. The minimum atomic E-state index is 0.114. The number of anilines is 1. The molecular formula is C15H17N3OS. The molecule has 0 spiro atoms. The van der Waals surface area contributed by atoms with Crippen molar-refractivity contribution in [3.8, 4) is 0 Å². The van der Waals surface area contributed by atoms with Gasteiger partial charge in [0.05, 0.1) is 10.8 Å². The van der Waals surface area contributed by atoms with Crippen molar-refractivity contribution < 1.29 is 4.79 Å². The van der Waals surface area contributed by atoms with Gasteiger partial charge in [0.2, 0.25) is 0 Å². The van der Waals surface area contributed by atoms with Crippen LogP contribution in [-0.2, 0) is 4.79 Å². The maximum atomic E-state index is 12.0. The second kappa shape index (κ2) is 5.25. The third-order valence-electron chi connectivity index (χ3n) is 3.38. The van der Waals surface area contributed by atoms with Gasteiger partial charge in [0.1, 0.15) is 0 Å². The summed E-state index contributed by atoms with van der Waals surface area (Å²) in [7, 11) is 0. The number of aromatic nitrogens is 1. The third-order valence-corrected chi connectivity index (χ3v) is 4.43. The molecular weight excluding hydrogens is 270 g/mol. The van der Waals surface area contributed by atoms with Gasteiger partial charge in [0.15, 0.2) is 0 Å². The molecule has 1 amide bonds. The number of thioether (sulfide) groups is 1. The summed E-state index contributed by atoms with van der Waals surface area (Å²) in [4.78, 5) is 17.9. The number of aryl methyl sites for hydroxylation is 1. The summed E-state index contributed by atoms with van der Waals surface area (Å²) >= 11 is 1.58. The highest BCUT2D eigenvalue weighted by molar-refractivity contribution is 8.04. The SMILES string of the molecule is CCN1CSC(=CNc2ccc3[nH]c(C)cc3c2)C1=O. The number of fused-ring (bicyclic) bond motifs is 1. The van der Waals surface area contributed by atoms with E-state index in [2.05, 4.69) is 22.4 Å². The molecule has 1 saturated heterocycles. The lowest BCUT2D eigenvalue weighted by Crippen LogP contribution is -2.24. The van der Waals surface area contributed by atoms with E-state index >= 15 is 0 Å². The van der Waals surface area contributed by atoms with Crippen molar-refractivity contribution in [3.63, 3.8) is 0 Å². The van der Waals surface area contributed by atoms with Crippen LogP contribution in [0.1, 0.15) is 12.6 Å². The lowest BCUT2D eigenvalue weighted by molar-refractivity contribution is -0.124. The highest BCUT2D eigenvalue weighted by Crippen LogP contribution is 2.28. The van der Waals surface area contributed by atoms with Gasteiger partial charge in [-0.05, 0) is 38.1 Å². The monoisotopic (exact) mass is 287 g/mol. The van der Waals surface area contributed by atoms with Crippen LogP contribution in [0.5, 0.6) is 0 Å². The molecule has 2 heterocycles. The van der Waals surface area contributed by atoms with Crippen LogP contribution in [0.3, 0.4) is 0 Å². The Morgan fingerprint density at radius 2 is 2.30 bits per heavy atom. The molecule has 104 valence electrons. The molecule has 0 unspecified atom stereocenters. The lowest BCUT2D eigenvalue weighted by atomic mass is 10.2. The minimum absolute atomic E-state index is 0.114. The van der Waals surface area contributed by atoms with Crippen molar-refractivity contribution in [2.24, 2.45) is 0 Å². The summed E-state index contributed by atoms with van der Waals surface area (Å²) in [5.74, 6) is 0.863.